The van der Waals surface area contributed by atoms with Crippen LogP contribution in [0.1, 0.15) is 22.4 Å². The van der Waals surface area contributed by atoms with Gasteiger partial charge in [0.15, 0.2) is 0 Å². The highest BCUT2D eigenvalue weighted by atomic mass is 16.2. The van der Waals surface area contributed by atoms with E-state index in [1.54, 1.807) is 6.20 Å². The van der Waals surface area contributed by atoms with Crippen LogP contribution in [0.15, 0.2) is 67.0 Å². The van der Waals surface area contributed by atoms with E-state index in [0.717, 1.165) is 36.6 Å². The molecule has 0 radical (unpaired) electrons. The number of pyridine rings is 2. The number of carbonyl (C=O) groups excluding carboxylic acids is 1. The van der Waals surface area contributed by atoms with Gasteiger partial charge in [0.25, 0.3) is 0 Å². The highest BCUT2D eigenvalue weighted by Gasteiger charge is 2.16. The van der Waals surface area contributed by atoms with E-state index in [4.69, 9.17) is 0 Å². The van der Waals surface area contributed by atoms with Crippen LogP contribution in [-0.2, 0) is 26.1 Å². The van der Waals surface area contributed by atoms with Gasteiger partial charge in [-0.1, -0.05) is 36.4 Å². The maximum absolute atomic E-state index is 11.9. The van der Waals surface area contributed by atoms with E-state index in [1.165, 1.54) is 11.1 Å². The lowest BCUT2D eigenvalue weighted by Crippen LogP contribution is -2.34. The standard InChI is InChI=1S/C22H23N5O/c28-22(26-15-20-7-3-4-11-23-20)25-14-17-8-9-21(24-13-17)27-12-10-18-5-1-2-6-19(18)16-27/h1-9,11,13H,10,12,14-16H2,(H2,25,26,28). The lowest BCUT2D eigenvalue weighted by molar-refractivity contribution is 0.240. The Labute approximate surface area is 164 Å². The second kappa shape index (κ2) is 8.52. The molecule has 0 atom stereocenters. The predicted molar refractivity (Wildman–Crippen MR) is 109 cm³/mol. The molecule has 28 heavy (non-hydrogen) atoms. The third kappa shape index (κ3) is 4.46. The van der Waals surface area contributed by atoms with Gasteiger partial charge in [-0.2, -0.15) is 0 Å². The van der Waals surface area contributed by atoms with Crippen LogP contribution in [0.5, 0.6) is 0 Å². The number of benzene rings is 1. The molecule has 142 valence electrons. The van der Waals surface area contributed by atoms with Gasteiger partial charge >= 0.3 is 6.03 Å². The minimum absolute atomic E-state index is 0.220. The van der Waals surface area contributed by atoms with Gasteiger partial charge in [-0.05, 0) is 41.3 Å². The molecule has 1 aliphatic heterocycles. The van der Waals surface area contributed by atoms with Gasteiger partial charge in [-0.3, -0.25) is 4.98 Å². The SMILES string of the molecule is O=C(NCc1ccc(N2CCc3ccccc3C2)nc1)NCc1ccccn1. The van der Waals surface area contributed by atoms with Crippen LogP contribution in [0.25, 0.3) is 0 Å². The lowest BCUT2D eigenvalue weighted by atomic mass is 10.00. The molecule has 0 spiro atoms. The van der Waals surface area contributed by atoms with E-state index in [2.05, 4.69) is 49.8 Å². The van der Waals surface area contributed by atoms with Gasteiger partial charge in [0.05, 0.1) is 12.2 Å². The average Bonchev–Trinajstić information content (AvgIpc) is 2.77. The molecule has 3 heterocycles. The summed E-state index contributed by atoms with van der Waals surface area (Å²) in [6, 6.07) is 18.0. The number of rotatable bonds is 5. The van der Waals surface area contributed by atoms with Crippen molar-refractivity contribution in [1.29, 1.82) is 0 Å². The first kappa shape index (κ1) is 18.0. The van der Waals surface area contributed by atoms with Crippen molar-refractivity contribution < 1.29 is 4.79 Å². The first-order valence-corrected chi connectivity index (χ1v) is 9.46. The predicted octanol–water partition coefficient (Wildman–Crippen LogP) is 3.04. The van der Waals surface area contributed by atoms with Crippen molar-refractivity contribution in [2.75, 3.05) is 11.4 Å². The first-order valence-electron chi connectivity index (χ1n) is 9.46. The van der Waals surface area contributed by atoms with Gasteiger partial charge in [0.1, 0.15) is 5.82 Å². The summed E-state index contributed by atoms with van der Waals surface area (Å²) in [6.45, 7) is 2.69. The first-order chi connectivity index (χ1) is 13.8. The number of hydrogen-bond acceptors (Lipinski definition) is 4. The Morgan fingerprint density at radius 1 is 0.929 bits per heavy atom. The Hall–Kier alpha value is -3.41. The molecule has 2 amide bonds. The summed E-state index contributed by atoms with van der Waals surface area (Å²) in [6.07, 6.45) is 4.58. The number of hydrogen-bond donors (Lipinski definition) is 2. The molecule has 0 bridgehead atoms. The molecule has 0 aliphatic carbocycles. The van der Waals surface area contributed by atoms with Crippen LogP contribution in [-0.4, -0.2) is 22.5 Å². The highest BCUT2D eigenvalue weighted by molar-refractivity contribution is 5.73. The van der Waals surface area contributed by atoms with E-state index < -0.39 is 0 Å². The van der Waals surface area contributed by atoms with Crippen molar-refractivity contribution in [1.82, 2.24) is 20.6 Å². The van der Waals surface area contributed by atoms with E-state index in [0.29, 0.717) is 13.1 Å². The second-order valence-electron chi connectivity index (χ2n) is 6.82. The van der Waals surface area contributed by atoms with Crippen molar-refractivity contribution >= 4 is 11.8 Å². The van der Waals surface area contributed by atoms with Gasteiger partial charge in [0.2, 0.25) is 0 Å². The lowest BCUT2D eigenvalue weighted by Gasteiger charge is -2.29. The number of amides is 2. The molecule has 1 aliphatic rings. The van der Waals surface area contributed by atoms with E-state index in [1.807, 2.05) is 36.5 Å². The summed E-state index contributed by atoms with van der Waals surface area (Å²) in [5, 5.41) is 5.65. The molecular weight excluding hydrogens is 350 g/mol. The molecule has 4 rings (SSSR count). The molecule has 3 aromatic rings. The van der Waals surface area contributed by atoms with Crippen LogP contribution >= 0.6 is 0 Å². The largest absolute Gasteiger partial charge is 0.352 e. The molecule has 0 saturated carbocycles. The molecule has 0 saturated heterocycles. The number of anilines is 1. The quantitative estimate of drug-likeness (QED) is 0.721. The average molecular weight is 373 g/mol. The minimum Gasteiger partial charge on any atom is -0.352 e. The fourth-order valence-corrected chi connectivity index (χ4v) is 3.32. The Morgan fingerprint density at radius 3 is 2.54 bits per heavy atom. The smallest absolute Gasteiger partial charge is 0.315 e. The van der Waals surface area contributed by atoms with Crippen molar-refractivity contribution in [2.24, 2.45) is 0 Å². The highest BCUT2D eigenvalue weighted by Crippen LogP contribution is 2.22. The van der Waals surface area contributed by atoms with E-state index in [-0.39, 0.29) is 6.03 Å². The topological polar surface area (TPSA) is 70.2 Å². The van der Waals surface area contributed by atoms with Crippen molar-refractivity contribution in [3.63, 3.8) is 0 Å². The number of fused-ring (bicyclic) bond motifs is 1. The van der Waals surface area contributed by atoms with Crippen LogP contribution in [0.2, 0.25) is 0 Å². The molecule has 2 aromatic heterocycles. The Kier molecular flexibility index (Phi) is 5.47. The van der Waals surface area contributed by atoms with Crippen molar-refractivity contribution in [3.8, 4) is 0 Å². The summed E-state index contributed by atoms with van der Waals surface area (Å²) >= 11 is 0. The van der Waals surface area contributed by atoms with E-state index in [9.17, 15) is 4.79 Å². The third-order valence-electron chi connectivity index (χ3n) is 4.87. The zero-order valence-electron chi connectivity index (χ0n) is 15.6. The Morgan fingerprint density at radius 2 is 1.75 bits per heavy atom. The van der Waals surface area contributed by atoms with Crippen LogP contribution < -0.4 is 15.5 Å². The van der Waals surface area contributed by atoms with E-state index >= 15 is 0 Å². The van der Waals surface area contributed by atoms with Crippen molar-refractivity contribution in [2.45, 2.75) is 26.1 Å². The maximum atomic E-state index is 11.9. The molecule has 6 heteroatoms. The van der Waals surface area contributed by atoms with Gasteiger partial charge in [-0.15, -0.1) is 0 Å². The molecular formula is C22H23N5O. The molecule has 0 unspecified atom stereocenters. The summed E-state index contributed by atoms with van der Waals surface area (Å²) < 4.78 is 0. The number of nitrogens with zero attached hydrogens (tertiary/aromatic N) is 3. The second-order valence-corrected chi connectivity index (χ2v) is 6.82. The zero-order chi connectivity index (χ0) is 19.2. The molecule has 2 N–H and O–H groups in total. The zero-order valence-corrected chi connectivity index (χ0v) is 15.6. The normalized spacial score (nSPS) is 12.9. The fraction of sp³-hybridized carbons (Fsp3) is 0.227. The monoisotopic (exact) mass is 373 g/mol. The van der Waals surface area contributed by atoms with Gasteiger partial charge in [0, 0.05) is 32.0 Å². The summed E-state index contributed by atoms with van der Waals surface area (Å²) in [5.41, 5.74) is 4.59. The maximum Gasteiger partial charge on any atom is 0.315 e. The summed E-state index contributed by atoms with van der Waals surface area (Å²) in [5.74, 6) is 0.970. The minimum atomic E-state index is -0.220. The van der Waals surface area contributed by atoms with Crippen molar-refractivity contribution in [3.05, 3.63) is 89.4 Å². The van der Waals surface area contributed by atoms with Crippen LogP contribution in [0.3, 0.4) is 0 Å². The number of nitrogens with one attached hydrogen (secondary N) is 2. The van der Waals surface area contributed by atoms with Gasteiger partial charge in [-0.25, -0.2) is 9.78 Å². The molecule has 0 fully saturated rings. The number of aromatic nitrogens is 2. The molecule has 1 aromatic carbocycles. The Bertz CT molecular complexity index is 927. The summed E-state index contributed by atoms with van der Waals surface area (Å²) in [7, 11) is 0. The van der Waals surface area contributed by atoms with Gasteiger partial charge < -0.3 is 15.5 Å². The van der Waals surface area contributed by atoms with Crippen LogP contribution in [0.4, 0.5) is 10.6 Å². The fourth-order valence-electron chi connectivity index (χ4n) is 3.32. The number of urea groups is 1. The molecule has 6 nitrogen and oxygen atoms in total. The summed E-state index contributed by atoms with van der Waals surface area (Å²) in [4.78, 5) is 23.0. The third-order valence-corrected chi connectivity index (χ3v) is 4.87. The number of carbonyl (C=O) groups is 1. The Balaban J connectivity index is 1.27. The van der Waals surface area contributed by atoms with Crippen LogP contribution in [0, 0.1) is 0 Å².